The van der Waals surface area contributed by atoms with E-state index in [1.807, 2.05) is 75.4 Å². The molecule has 212 valence electrons. The number of nitrogens with zero attached hydrogens (tertiary/aromatic N) is 2. The highest BCUT2D eigenvalue weighted by molar-refractivity contribution is 6.03. The Kier molecular flexibility index (Phi) is 8.05. The van der Waals surface area contributed by atoms with Crippen LogP contribution >= 0.6 is 0 Å². The van der Waals surface area contributed by atoms with E-state index in [0.717, 1.165) is 0 Å². The van der Waals surface area contributed by atoms with Crippen molar-refractivity contribution < 1.29 is 23.5 Å². The molecular formula is C32H33FN4O4. The van der Waals surface area contributed by atoms with Crippen molar-refractivity contribution in [2.45, 2.75) is 39.4 Å². The van der Waals surface area contributed by atoms with Gasteiger partial charge in [-0.1, -0.05) is 56.3 Å². The number of rotatable bonds is 9. The zero-order chi connectivity index (χ0) is 29.1. The van der Waals surface area contributed by atoms with Crippen molar-refractivity contribution in [1.82, 2.24) is 20.4 Å². The highest BCUT2D eigenvalue weighted by Crippen LogP contribution is 2.39. The molecule has 0 aromatic heterocycles. The van der Waals surface area contributed by atoms with Crippen LogP contribution in [0.15, 0.2) is 90.1 Å². The highest BCUT2D eigenvalue weighted by Gasteiger charge is 2.47. The van der Waals surface area contributed by atoms with Crippen LogP contribution in [0.25, 0.3) is 0 Å². The van der Waals surface area contributed by atoms with Crippen LogP contribution in [0.3, 0.4) is 0 Å². The van der Waals surface area contributed by atoms with Gasteiger partial charge in [0.05, 0.1) is 23.9 Å². The molecule has 0 saturated heterocycles. The Hall–Kier alpha value is -4.66. The fourth-order valence-electron chi connectivity index (χ4n) is 5.45. The zero-order valence-corrected chi connectivity index (χ0v) is 23.3. The van der Waals surface area contributed by atoms with Gasteiger partial charge in [-0.25, -0.2) is 9.18 Å². The summed E-state index contributed by atoms with van der Waals surface area (Å²) in [5, 5.41) is 5.85. The second-order valence-electron chi connectivity index (χ2n) is 10.4. The Balaban J connectivity index is 1.42. The first-order valence-corrected chi connectivity index (χ1v) is 13.7. The standard InChI is InChI=1S/C32H33FN4O4/c1-4-36-26-19-37(29(20(2)3)30(38)34-18-21-10-8-12-23(33)16-21)31(39)27(26)28(35-32(36)40)22-11-9-15-25(17-22)41-24-13-6-5-7-14-24/h5-17,20,28-29H,4,18-19H2,1-3H3,(H,34,38)(H,35,40)/t28-,29+/m1/s1. The third-order valence-corrected chi connectivity index (χ3v) is 7.33. The summed E-state index contributed by atoms with van der Waals surface area (Å²) in [5.41, 5.74) is 2.34. The lowest BCUT2D eigenvalue weighted by atomic mass is 9.95. The van der Waals surface area contributed by atoms with Gasteiger partial charge < -0.3 is 20.3 Å². The first-order chi connectivity index (χ1) is 19.8. The van der Waals surface area contributed by atoms with E-state index >= 15 is 0 Å². The molecule has 2 heterocycles. The van der Waals surface area contributed by atoms with Crippen LogP contribution in [-0.2, 0) is 16.1 Å². The fourth-order valence-corrected chi connectivity index (χ4v) is 5.45. The van der Waals surface area contributed by atoms with E-state index < -0.39 is 12.1 Å². The summed E-state index contributed by atoms with van der Waals surface area (Å²) in [6.07, 6.45) is 0. The molecule has 0 aliphatic carbocycles. The van der Waals surface area contributed by atoms with E-state index in [1.54, 1.807) is 17.0 Å². The SMILES string of the molecule is CCN1C(=O)N[C@H](c2cccc(Oc3ccccc3)c2)C2=C1CN([C@H](C(=O)NCc1cccc(F)c1)C(C)C)C2=O. The maximum absolute atomic E-state index is 14.1. The van der Waals surface area contributed by atoms with Crippen molar-refractivity contribution in [3.8, 4) is 11.5 Å². The quantitative estimate of drug-likeness (QED) is 0.382. The van der Waals surface area contributed by atoms with Gasteiger partial charge >= 0.3 is 6.03 Å². The van der Waals surface area contributed by atoms with Crippen LogP contribution in [0.5, 0.6) is 11.5 Å². The van der Waals surface area contributed by atoms with Gasteiger partial charge in [0.15, 0.2) is 0 Å². The van der Waals surface area contributed by atoms with Crippen molar-refractivity contribution >= 4 is 17.8 Å². The predicted molar refractivity (Wildman–Crippen MR) is 152 cm³/mol. The summed E-state index contributed by atoms with van der Waals surface area (Å²) in [4.78, 5) is 43.8. The fraction of sp³-hybridized carbons (Fsp3) is 0.281. The molecule has 8 nitrogen and oxygen atoms in total. The molecule has 2 aliphatic heterocycles. The second-order valence-corrected chi connectivity index (χ2v) is 10.4. The molecule has 3 aromatic rings. The Morgan fingerprint density at radius 3 is 2.46 bits per heavy atom. The number of urea groups is 1. The third kappa shape index (κ3) is 5.79. The van der Waals surface area contributed by atoms with Gasteiger partial charge in [0.1, 0.15) is 23.4 Å². The van der Waals surface area contributed by atoms with E-state index in [-0.39, 0.29) is 42.7 Å². The molecule has 0 radical (unpaired) electrons. The lowest BCUT2D eigenvalue weighted by Gasteiger charge is -2.33. The number of likely N-dealkylation sites (N-methyl/N-ethyl adjacent to an activating group) is 1. The molecule has 0 bridgehead atoms. The van der Waals surface area contributed by atoms with Crippen LogP contribution < -0.4 is 15.4 Å². The van der Waals surface area contributed by atoms with Crippen LogP contribution in [0.2, 0.25) is 0 Å². The molecule has 4 amide bonds. The Morgan fingerprint density at radius 1 is 1.02 bits per heavy atom. The van der Waals surface area contributed by atoms with Gasteiger partial charge in [0.2, 0.25) is 5.91 Å². The molecule has 3 aromatic carbocycles. The molecule has 2 atom stereocenters. The smallest absolute Gasteiger partial charge is 0.322 e. The molecule has 0 unspecified atom stereocenters. The first-order valence-electron chi connectivity index (χ1n) is 13.7. The maximum atomic E-state index is 14.1. The van der Waals surface area contributed by atoms with E-state index in [4.69, 9.17) is 4.74 Å². The summed E-state index contributed by atoms with van der Waals surface area (Å²) >= 11 is 0. The molecule has 2 aliphatic rings. The van der Waals surface area contributed by atoms with Crippen LogP contribution in [0.4, 0.5) is 9.18 Å². The largest absolute Gasteiger partial charge is 0.457 e. The molecule has 9 heteroatoms. The van der Waals surface area contributed by atoms with Gasteiger partial charge in [0.25, 0.3) is 5.91 Å². The van der Waals surface area contributed by atoms with Gasteiger partial charge in [-0.3, -0.25) is 14.5 Å². The summed E-state index contributed by atoms with van der Waals surface area (Å²) < 4.78 is 19.6. The number of nitrogens with one attached hydrogen (secondary N) is 2. The topological polar surface area (TPSA) is 91.0 Å². The van der Waals surface area contributed by atoms with E-state index in [0.29, 0.717) is 40.4 Å². The zero-order valence-electron chi connectivity index (χ0n) is 23.3. The van der Waals surface area contributed by atoms with Crippen molar-refractivity contribution in [2.24, 2.45) is 5.92 Å². The van der Waals surface area contributed by atoms with Crippen molar-refractivity contribution in [2.75, 3.05) is 13.1 Å². The Labute approximate surface area is 238 Å². The number of carbonyl (C=O) groups is 3. The van der Waals surface area contributed by atoms with E-state index in [2.05, 4.69) is 10.6 Å². The minimum absolute atomic E-state index is 0.127. The van der Waals surface area contributed by atoms with Crippen LogP contribution in [0.1, 0.15) is 37.9 Å². The number of carbonyl (C=O) groups excluding carboxylic acids is 3. The summed E-state index contributed by atoms with van der Waals surface area (Å²) in [6.45, 7) is 6.22. The third-order valence-electron chi connectivity index (χ3n) is 7.33. The summed E-state index contributed by atoms with van der Waals surface area (Å²) in [7, 11) is 0. The number of halogens is 1. The van der Waals surface area contributed by atoms with Crippen LogP contribution in [-0.4, -0.2) is 46.8 Å². The normalized spacial score (nSPS) is 17.4. The van der Waals surface area contributed by atoms with Crippen molar-refractivity contribution in [3.05, 3.63) is 107 Å². The van der Waals surface area contributed by atoms with Gasteiger partial charge in [-0.2, -0.15) is 0 Å². The molecule has 5 rings (SSSR count). The minimum Gasteiger partial charge on any atom is -0.457 e. The van der Waals surface area contributed by atoms with Crippen molar-refractivity contribution in [3.63, 3.8) is 0 Å². The number of ether oxygens (including phenoxy) is 1. The monoisotopic (exact) mass is 556 g/mol. The average molecular weight is 557 g/mol. The average Bonchev–Trinajstić information content (AvgIpc) is 3.28. The number of benzene rings is 3. The lowest BCUT2D eigenvalue weighted by molar-refractivity contribution is -0.138. The summed E-state index contributed by atoms with van der Waals surface area (Å²) in [6, 6.07) is 20.9. The number of amides is 4. The van der Waals surface area contributed by atoms with Gasteiger partial charge in [-0.15, -0.1) is 0 Å². The number of hydrogen-bond donors (Lipinski definition) is 2. The highest BCUT2D eigenvalue weighted by atomic mass is 19.1. The van der Waals surface area contributed by atoms with Crippen molar-refractivity contribution in [1.29, 1.82) is 0 Å². The Bertz CT molecular complexity index is 1490. The molecule has 0 saturated carbocycles. The predicted octanol–water partition coefficient (Wildman–Crippen LogP) is 5.14. The second kappa shape index (κ2) is 11.8. The first kappa shape index (κ1) is 27.9. The molecule has 0 fully saturated rings. The van der Waals surface area contributed by atoms with Gasteiger partial charge in [0, 0.05) is 13.1 Å². The van der Waals surface area contributed by atoms with E-state index in [1.165, 1.54) is 17.0 Å². The maximum Gasteiger partial charge on any atom is 0.322 e. The lowest BCUT2D eigenvalue weighted by Crippen LogP contribution is -2.51. The molecule has 0 spiro atoms. The molecule has 2 N–H and O–H groups in total. The Morgan fingerprint density at radius 2 is 1.76 bits per heavy atom. The molecule has 41 heavy (non-hydrogen) atoms. The van der Waals surface area contributed by atoms with Gasteiger partial charge in [-0.05, 0) is 60.4 Å². The van der Waals surface area contributed by atoms with Crippen LogP contribution in [0, 0.1) is 11.7 Å². The number of para-hydroxylation sites is 1. The number of hydrogen-bond acceptors (Lipinski definition) is 4. The van der Waals surface area contributed by atoms with E-state index in [9.17, 15) is 18.8 Å². The minimum atomic E-state index is -0.788. The molecular weight excluding hydrogens is 523 g/mol. The summed E-state index contributed by atoms with van der Waals surface area (Å²) in [5.74, 6) is -0.00635.